The van der Waals surface area contributed by atoms with Crippen molar-refractivity contribution in [1.29, 1.82) is 0 Å². The van der Waals surface area contributed by atoms with Gasteiger partial charge in [-0.2, -0.15) is 0 Å². The summed E-state index contributed by atoms with van der Waals surface area (Å²) in [6.07, 6.45) is 4.13. The molecule has 1 unspecified atom stereocenters. The number of nitrogens with zero attached hydrogens (tertiary/aromatic N) is 2. The lowest BCUT2D eigenvalue weighted by atomic mass is 10.2. The summed E-state index contributed by atoms with van der Waals surface area (Å²) in [6.45, 7) is 0.830. The van der Waals surface area contributed by atoms with Crippen molar-refractivity contribution in [1.82, 2.24) is 4.98 Å². The average molecular weight is 301 g/mol. The van der Waals surface area contributed by atoms with E-state index in [2.05, 4.69) is 20.9 Å². The van der Waals surface area contributed by atoms with E-state index >= 15 is 0 Å². The zero-order valence-electron chi connectivity index (χ0n) is 8.91. The molecule has 2 aliphatic rings. The number of hydrogen-bond donors (Lipinski definition) is 0. The lowest BCUT2D eigenvalue weighted by Gasteiger charge is -2.12. The molecule has 1 aromatic heterocycles. The minimum absolute atomic E-state index is 0.233. The number of carbonyl (C=O) groups excluding carboxylic acids is 1. The molecule has 86 valence electrons. The van der Waals surface area contributed by atoms with E-state index < -0.39 is 0 Å². The van der Waals surface area contributed by atoms with Gasteiger partial charge in [0, 0.05) is 23.2 Å². The predicted octanol–water partition coefficient (Wildman–Crippen LogP) is 2.38. The van der Waals surface area contributed by atoms with Crippen LogP contribution >= 0.6 is 27.3 Å². The lowest BCUT2D eigenvalue weighted by Crippen LogP contribution is -2.24. The molecule has 5 heteroatoms. The van der Waals surface area contributed by atoms with Gasteiger partial charge in [0.15, 0.2) is 5.13 Å². The molecule has 0 spiro atoms. The van der Waals surface area contributed by atoms with Crippen molar-refractivity contribution in [2.45, 2.75) is 25.7 Å². The van der Waals surface area contributed by atoms with Crippen LogP contribution in [0.5, 0.6) is 0 Å². The summed E-state index contributed by atoms with van der Waals surface area (Å²) in [5, 5.41) is 1.83. The van der Waals surface area contributed by atoms with Crippen molar-refractivity contribution in [2.75, 3.05) is 16.8 Å². The fraction of sp³-hybridized carbons (Fsp3) is 0.636. The van der Waals surface area contributed by atoms with Crippen molar-refractivity contribution in [3.8, 4) is 0 Å². The zero-order chi connectivity index (χ0) is 11.1. The Morgan fingerprint density at radius 2 is 2.38 bits per heavy atom. The molecule has 16 heavy (non-hydrogen) atoms. The lowest BCUT2D eigenvalue weighted by molar-refractivity contribution is -0.117. The summed E-state index contributed by atoms with van der Waals surface area (Å²) in [5.74, 6) is 0.683. The highest BCUT2D eigenvalue weighted by Gasteiger charge is 2.32. The Morgan fingerprint density at radius 3 is 3.06 bits per heavy atom. The third-order valence-electron chi connectivity index (χ3n) is 3.24. The van der Waals surface area contributed by atoms with Crippen molar-refractivity contribution in [2.24, 2.45) is 5.92 Å². The quantitative estimate of drug-likeness (QED) is 0.786. The first-order chi connectivity index (χ1) is 7.78. The molecule has 1 saturated heterocycles. The molecule has 1 amide bonds. The Balaban J connectivity index is 1.84. The highest BCUT2D eigenvalue weighted by Crippen LogP contribution is 2.35. The molecule has 2 heterocycles. The van der Waals surface area contributed by atoms with Gasteiger partial charge in [-0.15, -0.1) is 11.3 Å². The van der Waals surface area contributed by atoms with Crippen molar-refractivity contribution in [3.63, 3.8) is 0 Å². The first kappa shape index (κ1) is 10.7. The van der Waals surface area contributed by atoms with Crippen molar-refractivity contribution in [3.05, 3.63) is 10.6 Å². The molecule has 1 fully saturated rings. The van der Waals surface area contributed by atoms with Crippen LogP contribution in [0, 0.1) is 5.92 Å². The van der Waals surface area contributed by atoms with E-state index in [1.807, 2.05) is 4.90 Å². The monoisotopic (exact) mass is 300 g/mol. The zero-order valence-corrected chi connectivity index (χ0v) is 11.3. The van der Waals surface area contributed by atoms with Gasteiger partial charge in [-0.1, -0.05) is 15.9 Å². The number of fused-ring (bicyclic) bond motifs is 1. The second kappa shape index (κ2) is 4.11. The molecular weight excluding hydrogens is 288 g/mol. The van der Waals surface area contributed by atoms with Crippen molar-refractivity contribution < 1.29 is 4.79 Å². The van der Waals surface area contributed by atoms with E-state index in [1.54, 1.807) is 11.3 Å². The molecule has 0 saturated carbocycles. The minimum Gasteiger partial charge on any atom is -0.288 e. The Kier molecular flexibility index (Phi) is 2.75. The molecule has 0 bridgehead atoms. The number of hydrogen-bond acceptors (Lipinski definition) is 3. The standard InChI is InChI=1S/C11H13BrN2OS/c12-5-7-4-10(15)14(6-7)11-13-8-2-1-3-9(8)16-11/h7H,1-6H2. The fourth-order valence-corrected chi connectivity index (χ4v) is 3.97. The van der Waals surface area contributed by atoms with Crippen LogP contribution < -0.4 is 4.90 Å². The smallest absolute Gasteiger partial charge is 0.229 e. The summed E-state index contributed by atoms with van der Waals surface area (Å²) in [7, 11) is 0. The number of anilines is 1. The minimum atomic E-state index is 0.233. The number of thiazole rings is 1. The largest absolute Gasteiger partial charge is 0.288 e. The Hall–Kier alpha value is -0.420. The number of amides is 1. The van der Waals surface area contributed by atoms with E-state index in [0.717, 1.165) is 29.8 Å². The van der Waals surface area contributed by atoms with E-state index in [9.17, 15) is 4.79 Å². The second-order valence-corrected chi connectivity index (χ2v) is 6.16. The van der Waals surface area contributed by atoms with Gasteiger partial charge < -0.3 is 0 Å². The van der Waals surface area contributed by atoms with Gasteiger partial charge in [-0.25, -0.2) is 4.98 Å². The molecule has 3 nitrogen and oxygen atoms in total. The number of alkyl halides is 1. The van der Waals surface area contributed by atoms with Crippen LogP contribution in [0.2, 0.25) is 0 Å². The maximum Gasteiger partial charge on any atom is 0.229 e. The van der Waals surface area contributed by atoms with E-state index in [-0.39, 0.29) is 5.91 Å². The Bertz CT molecular complexity index is 410. The number of halogens is 1. The molecule has 1 aliphatic carbocycles. The topological polar surface area (TPSA) is 33.2 Å². The molecule has 1 aromatic rings. The summed E-state index contributed by atoms with van der Waals surface area (Å²) < 4.78 is 0. The third-order valence-corrected chi connectivity index (χ3v) is 5.33. The maximum atomic E-state index is 11.8. The summed E-state index contributed by atoms with van der Waals surface area (Å²) in [6, 6.07) is 0. The van der Waals surface area contributed by atoms with E-state index in [0.29, 0.717) is 12.3 Å². The van der Waals surface area contributed by atoms with Crippen molar-refractivity contribution >= 4 is 38.3 Å². The highest BCUT2D eigenvalue weighted by atomic mass is 79.9. The molecule has 3 rings (SSSR count). The van der Waals surface area contributed by atoms with E-state index in [4.69, 9.17) is 0 Å². The predicted molar refractivity (Wildman–Crippen MR) is 68.4 cm³/mol. The first-order valence-corrected chi connectivity index (χ1v) is 7.56. The van der Waals surface area contributed by atoms with Gasteiger partial charge in [0.25, 0.3) is 0 Å². The molecular formula is C11H13BrN2OS. The molecule has 0 N–H and O–H groups in total. The van der Waals surface area contributed by atoms with Crippen LogP contribution in [0.3, 0.4) is 0 Å². The van der Waals surface area contributed by atoms with E-state index in [1.165, 1.54) is 17.0 Å². The molecule has 1 atom stereocenters. The second-order valence-electron chi connectivity index (χ2n) is 4.45. The van der Waals surface area contributed by atoms with Crippen LogP contribution in [-0.4, -0.2) is 22.8 Å². The van der Waals surface area contributed by atoms with Gasteiger partial charge in [0.1, 0.15) is 0 Å². The number of carbonyl (C=O) groups is 1. The first-order valence-electron chi connectivity index (χ1n) is 5.63. The number of aryl methyl sites for hydroxylation is 2. The normalized spacial score (nSPS) is 24.2. The number of rotatable bonds is 2. The highest BCUT2D eigenvalue weighted by molar-refractivity contribution is 9.09. The third kappa shape index (κ3) is 1.70. The van der Waals surface area contributed by atoms with Crippen LogP contribution in [0.1, 0.15) is 23.4 Å². The average Bonchev–Trinajstić information content (AvgIpc) is 2.89. The van der Waals surface area contributed by atoms with Crippen LogP contribution in [0.15, 0.2) is 0 Å². The fourth-order valence-electron chi connectivity index (χ4n) is 2.36. The van der Waals surface area contributed by atoms with Gasteiger partial charge >= 0.3 is 0 Å². The summed E-state index contributed by atoms with van der Waals surface area (Å²) >= 11 is 5.17. The van der Waals surface area contributed by atoms with Gasteiger partial charge in [-0.3, -0.25) is 9.69 Å². The maximum absolute atomic E-state index is 11.8. The van der Waals surface area contributed by atoms with Gasteiger partial charge in [0.05, 0.1) is 5.69 Å². The van der Waals surface area contributed by atoms with Crippen LogP contribution in [0.25, 0.3) is 0 Å². The Morgan fingerprint density at radius 1 is 1.50 bits per heavy atom. The Labute approximate surface area is 107 Å². The number of aromatic nitrogens is 1. The summed E-state index contributed by atoms with van der Waals surface area (Å²) in [5.41, 5.74) is 1.23. The molecule has 1 aliphatic heterocycles. The SMILES string of the molecule is O=C1CC(CBr)CN1c1nc2c(s1)CCC2. The molecule has 0 radical (unpaired) electrons. The van der Waals surface area contributed by atoms with Crippen LogP contribution in [0.4, 0.5) is 5.13 Å². The van der Waals surface area contributed by atoms with Gasteiger partial charge in [-0.05, 0) is 25.2 Å². The van der Waals surface area contributed by atoms with Gasteiger partial charge in [0.2, 0.25) is 5.91 Å². The molecule has 0 aromatic carbocycles. The van der Waals surface area contributed by atoms with Crippen LogP contribution in [-0.2, 0) is 17.6 Å². The summed E-state index contributed by atoms with van der Waals surface area (Å²) in [4.78, 5) is 19.7.